The van der Waals surface area contributed by atoms with Crippen molar-refractivity contribution in [1.82, 2.24) is 4.98 Å². The summed E-state index contributed by atoms with van der Waals surface area (Å²) in [6, 6.07) is 5.96. The zero-order valence-electron chi connectivity index (χ0n) is 7.25. The number of aryl methyl sites for hydroxylation is 1. The summed E-state index contributed by atoms with van der Waals surface area (Å²) >= 11 is 0. The van der Waals surface area contributed by atoms with Gasteiger partial charge < -0.3 is 5.73 Å². The van der Waals surface area contributed by atoms with E-state index in [4.69, 9.17) is 5.73 Å². The highest BCUT2D eigenvalue weighted by molar-refractivity contribution is 5.02. The second-order valence-corrected chi connectivity index (χ2v) is 2.08. The lowest BCUT2D eigenvalue weighted by Crippen LogP contribution is -1.87. The second kappa shape index (κ2) is 7.22. The predicted molar refractivity (Wildman–Crippen MR) is 48.3 cm³/mol. The SMILES string of the molecule is CCN.CCc1ccccn1. The van der Waals surface area contributed by atoms with Crippen LogP contribution in [0.4, 0.5) is 0 Å². The third-order valence-electron chi connectivity index (χ3n) is 1.09. The molecule has 0 amide bonds. The molecule has 62 valence electrons. The molecule has 1 aromatic heterocycles. The molecule has 1 rings (SSSR count). The van der Waals surface area contributed by atoms with Crippen LogP contribution in [0.3, 0.4) is 0 Å². The first-order valence-electron chi connectivity index (χ1n) is 3.95. The third-order valence-corrected chi connectivity index (χ3v) is 1.09. The van der Waals surface area contributed by atoms with E-state index >= 15 is 0 Å². The molecule has 2 heteroatoms. The molecule has 1 aromatic rings. The van der Waals surface area contributed by atoms with Crippen molar-refractivity contribution >= 4 is 0 Å². The molecule has 0 bridgehead atoms. The van der Waals surface area contributed by atoms with Crippen LogP contribution >= 0.6 is 0 Å². The third kappa shape index (κ3) is 5.55. The lowest BCUT2D eigenvalue weighted by Gasteiger charge is -1.88. The molecule has 11 heavy (non-hydrogen) atoms. The molecule has 0 aliphatic heterocycles. The van der Waals surface area contributed by atoms with E-state index < -0.39 is 0 Å². The molecule has 0 radical (unpaired) electrons. The van der Waals surface area contributed by atoms with Crippen molar-refractivity contribution < 1.29 is 0 Å². The van der Waals surface area contributed by atoms with Crippen LogP contribution in [-0.2, 0) is 6.42 Å². The van der Waals surface area contributed by atoms with Gasteiger partial charge in [-0.1, -0.05) is 19.9 Å². The summed E-state index contributed by atoms with van der Waals surface area (Å²) in [5, 5.41) is 0. The van der Waals surface area contributed by atoms with Gasteiger partial charge >= 0.3 is 0 Å². The molecule has 0 aliphatic rings. The van der Waals surface area contributed by atoms with E-state index in [2.05, 4.69) is 11.9 Å². The van der Waals surface area contributed by atoms with Crippen molar-refractivity contribution in [3.63, 3.8) is 0 Å². The van der Waals surface area contributed by atoms with E-state index in [0.29, 0.717) is 0 Å². The van der Waals surface area contributed by atoms with Crippen LogP contribution in [-0.4, -0.2) is 11.5 Å². The summed E-state index contributed by atoms with van der Waals surface area (Å²) in [6.07, 6.45) is 2.85. The quantitative estimate of drug-likeness (QED) is 0.664. The number of nitrogens with zero attached hydrogens (tertiary/aromatic N) is 1. The van der Waals surface area contributed by atoms with Gasteiger partial charge in [-0.2, -0.15) is 0 Å². The minimum atomic E-state index is 0.750. The maximum Gasteiger partial charge on any atom is 0.0400 e. The number of rotatable bonds is 1. The summed E-state index contributed by atoms with van der Waals surface area (Å²) in [7, 11) is 0. The van der Waals surface area contributed by atoms with E-state index in [1.165, 1.54) is 0 Å². The van der Waals surface area contributed by atoms with Gasteiger partial charge in [-0.25, -0.2) is 0 Å². The molecule has 0 unspecified atom stereocenters. The fraction of sp³-hybridized carbons (Fsp3) is 0.444. The smallest absolute Gasteiger partial charge is 0.0400 e. The van der Waals surface area contributed by atoms with Crippen molar-refractivity contribution in [3.05, 3.63) is 30.1 Å². The average molecular weight is 152 g/mol. The lowest BCUT2D eigenvalue weighted by molar-refractivity contribution is 1.04. The lowest BCUT2D eigenvalue weighted by atomic mass is 10.3. The average Bonchev–Trinajstić information content (AvgIpc) is 2.08. The molecule has 1 heterocycles. The molecule has 2 N–H and O–H groups in total. The molecule has 0 aliphatic carbocycles. The number of nitrogens with two attached hydrogens (primary N) is 1. The van der Waals surface area contributed by atoms with Crippen molar-refractivity contribution in [2.24, 2.45) is 5.73 Å². The predicted octanol–water partition coefficient (Wildman–Crippen LogP) is 1.61. The van der Waals surface area contributed by atoms with Crippen LogP contribution < -0.4 is 5.73 Å². The zero-order chi connectivity index (χ0) is 8.53. The van der Waals surface area contributed by atoms with Gasteiger partial charge in [0.15, 0.2) is 0 Å². The summed E-state index contributed by atoms with van der Waals surface area (Å²) in [6.45, 7) is 4.75. The van der Waals surface area contributed by atoms with Gasteiger partial charge in [0.05, 0.1) is 0 Å². The van der Waals surface area contributed by atoms with Crippen molar-refractivity contribution in [2.45, 2.75) is 20.3 Å². The van der Waals surface area contributed by atoms with Gasteiger partial charge in [0.2, 0.25) is 0 Å². The second-order valence-electron chi connectivity index (χ2n) is 2.08. The highest BCUT2D eigenvalue weighted by Gasteiger charge is 1.81. The normalized spacial score (nSPS) is 8.27. The van der Waals surface area contributed by atoms with E-state index in [1.54, 1.807) is 0 Å². The Morgan fingerprint density at radius 3 is 2.27 bits per heavy atom. The Balaban J connectivity index is 0.000000292. The van der Waals surface area contributed by atoms with Crippen LogP contribution in [0.1, 0.15) is 19.5 Å². The first kappa shape index (κ1) is 10.1. The Kier molecular flexibility index (Phi) is 6.64. The molecular weight excluding hydrogens is 136 g/mol. The minimum Gasteiger partial charge on any atom is -0.331 e. The molecule has 2 nitrogen and oxygen atoms in total. The van der Waals surface area contributed by atoms with Gasteiger partial charge in [0.25, 0.3) is 0 Å². The van der Waals surface area contributed by atoms with E-state index in [0.717, 1.165) is 18.7 Å². The Labute approximate surface area is 68.5 Å². The number of hydrogen-bond donors (Lipinski definition) is 1. The zero-order valence-corrected chi connectivity index (χ0v) is 7.25. The summed E-state index contributed by atoms with van der Waals surface area (Å²) < 4.78 is 0. The fourth-order valence-electron chi connectivity index (χ4n) is 0.607. The van der Waals surface area contributed by atoms with Gasteiger partial charge in [0.1, 0.15) is 0 Å². The minimum absolute atomic E-state index is 0.750. The molecular formula is C9H16N2. The van der Waals surface area contributed by atoms with E-state index in [9.17, 15) is 0 Å². The Hall–Kier alpha value is -0.890. The van der Waals surface area contributed by atoms with E-state index in [-0.39, 0.29) is 0 Å². The largest absolute Gasteiger partial charge is 0.331 e. The Bertz CT molecular complexity index is 160. The van der Waals surface area contributed by atoms with Crippen molar-refractivity contribution in [1.29, 1.82) is 0 Å². The number of hydrogen-bond acceptors (Lipinski definition) is 2. The molecule has 0 saturated carbocycles. The van der Waals surface area contributed by atoms with Crippen molar-refractivity contribution in [2.75, 3.05) is 6.54 Å². The molecule has 0 aromatic carbocycles. The topological polar surface area (TPSA) is 38.9 Å². The van der Waals surface area contributed by atoms with Gasteiger partial charge in [-0.3, -0.25) is 4.98 Å². The standard InChI is InChI=1S/C7H9N.C2H7N/c1-2-7-5-3-4-6-8-7;1-2-3/h3-6H,2H2,1H3;2-3H2,1H3. The summed E-state index contributed by atoms with van der Waals surface area (Å²) in [5.74, 6) is 0. The highest BCUT2D eigenvalue weighted by Crippen LogP contribution is 1.91. The van der Waals surface area contributed by atoms with E-state index in [1.807, 2.05) is 31.3 Å². The summed E-state index contributed by atoms with van der Waals surface area (Å²) in [5.41, 5.74) is 6.01. The van der Waals surface area contributed by atoms with Crippen LogP contribution in [0.15, 0.2) is 24.4 Å². The first-order chi connectivity index (χ1) is 5.35. The maximum atomic E-state index is 4.85. The van der Waals surface area contributed by atoms with Crippen LogP contribution in [0.25, 0.3) is 0 Å². The van der Waals surface area contributed by atoms with Crippen LogP contribution in [0.5, 0.6) is 0 Å². The molecule has 0 saturated heterocycles. The summed E-state index contributed by atoms with van der Waals surface area (Å²) in [4.78, 5) is 4.10. The Morgan fingerprint density at radius 1 is 1.36 bits per heavy atom. The van der Waals surface area contributed by atoms with Gasteiger partial charge in [0, 0.05) is 11.9 Å². The van der Waals surface area contributed by atoms with Gasteiger partial charge in [-0.05, 0) is 25.1 Å². The molecule has 0 fully saturated rings. The molecule has 0 spiro atoms. The first-order valence-corrected chi connectivity index (χ1v) is 3.95. The fourth-order valence-corrected chi connectivity index (χ4v) is 0.607. The highest BCUT2D eigenvalue weighted by atomic mass is 14.6. The van der Waals surface area contributed by atoms with Crippen LogP contribution in [0, 0.1) is 0 Å². The Morgan fingerprint density at radius 2 is 2.00 bits per heavy atom. The maximum absolute atomic E-state index is 4.85. The number of pyridine rings is 1. The van der Waals surface area contributed by atoms with Gasteiger partial charge in [-0.15, -0.1) is 0 Å². The number of aromatic nitrogens is 1. The molecule has 0 atom stereocenters. The van der Waals surface area contributed by atoms with Crippen molar-refractivity contribution in [3.8, 4) is 0 Å². The monoisotopic (exact) mass is 152 g/mol. The van der Waals surface area contributed by atoms with Crippen LogP contribution in [0.2, 0.25) is 0 Å².